The second kappa shape index (κ2) is 10.2. The fourth-order valence-corrected chi connectivity index (χ4v) is 2.64. The van der Waals surface area contributed by atoms with Crippen molar-refractivity contribution in [2.45, 2.75) is 96.2 Å². The van der Waals surface area contributed by atoms with E-state index in [9.17, 15) is 9.18 Å². The van der Waals surface area contributed by atoms with Gasteiger partial charge in [0, 0.05) is 0 Å². The molecule has 2 nitrogen and oxygen atoms in total. The van der Waals surface area contributed by atoms with Gasteiger partial charge in [-0.05, 0) is 38.5 Å². The predicted octanol–water partition coefficient (Wildman–Crippen LogP) is 4.95. The van der Waals surface area contributed by atoms with Crippen LogP contribution in [0.3, 0.4) is 0 Å². The Morgan fingerprint density at radius 1 is 1.11 bits per heavy atom. The Labute approximate surface area is 117 Å². The quantitative estimate of drug-likeness (QED) is 0.438. The maximum absolute atomic E-state index is 13.7. The lowest BCUT2D eigenvalue weighted by Crippen LogP contribution is -2.26. The maximum atomic E-state index is 13.7. The minimum atomic E-state index is -1.41. The van der Waals surface area contributed by atoms with E-state index in [2.05, 4.69) is 6.92 Å². The van der Waals surface area contributed by atoms with Gasteiger partial charge < -0.3 is 4.74 Å². The molecule has 112 valence electrons. The van der Waals surface area contributed by atoms with Crippen LogP contribution in [0.1, 0.15) is 84.0 Å². The maximum Gasteiger partial charge on any atom is 0.340 e. The molecule has 0 radical (unpaired) electrons. The Morgan fingerprint density at radius 3 is 2.42 bits per heavy atom. The Hall–Kier alpha value is -0.600. The van der Waals surface area contributed by atoms with Crippen LogP contribution in [-0.2, 0) is 9.53 Å². The van der Waals surface area contributed by atoms with Gasteiger partial charge in [0.1, 0.15) is 6.10 Å². The van der Waals surface area contributed by atoms with Crippen molar-refractivity contribution in [3.05, 3.63) is 0 Å². The Balaban J connectivity index is 2.04. The van der Waals surface area contributed by atoms with Crippen molar-refractivity contribution in [3.63, 3.8) is 0 Å². The number of carbonyl (C=O) groups excluding carboxylic acids is 1. The molecule has 1 atom stereocenters. The minimum absolute atomic E-state index is 0.0240. The molecule has 1 saturated carbocycles. The number of ether oxygens (including phenoxy) is 1. The van der Waals surface area contributed by atoms with Crippen LogP contribution in [-0.4, -0.2) is 18.2 Å². The molecule has 0 aromatic carbocycles. The number of hydrogen-bond acceptors (Lipinski definition) is 2. The largest absolute Gasteiger partial charge is 0.460 e. The standard InChI is InChI=1S/C16H29FO2/c1-2-3-4-5-6-10-13-15(17)16(18)19-14-11-8-7-9-12-14/h14-15H,2-13H2,1H3/t15-/m0/s1. The third-order valence-electron chi connectivity index (χ3n) is 3.90. The smallest absolute Gasteiger partial charge is 0.340 e. The van der Waals surface area contributed by atoms with Crippen LogP contribution in [0.5, 0.6) is 0 Å². The fourth-order valence-electron chi connectivity index (χ4n) is 2.64. The van der Waals surface area contributed by atoms with E-state index in [-0.39, 0.29) is 6.10 Å². The number of rotatable bonds is 9. The SMILES string of the molecule is CCCCCCCC[C@H](F)C(=O)OC1CCCCC1. The average molecular weight is 272 g/mol. The second-order valence-corrected chi connectivity index (χ2v) is 5.72. The number of halogens is 1. The lowest BCUT2D eigenvalue weighted by Gasteiger charge is -2.22. The van der Waals surface area contributed by atoms with Gasteiger partial charge in [-0.15, -0.1) is 0 Å². The summed E-state index contributed by atoms with van der Waals surface area (Å²) < 4.78 is 18.9. The first-order valence-electron chi connectivity index (χ1n) is 8.08. The summed E-state index contributed by atoms with van der Waals surface area (Å²) >= 11 is 0. The molecule has 0 aromatic heterocycles. The fraction of sp³-hybridized carbons (Fsp3) is 0.938. The zero-order valence-corrected chi connectivity index (χ0v) is 12.3. The molecule has 1 aliphatic carbocycles. The molecule has 0 saturated heterocycles. The van der Waals surface area contributed by atoms with Gasteiger partial charge in [-0.3, -0.25) is 0 Å². The van der Waals surface area contributed by atoms with E-state index in [1.807, 2.05) is 0 Å². The van der Waals surface area contributed by atoms with Crippen LogP contribution in [0.4, 0.5) is 4.39 Å². The molecule has 0 spiro atoms. The minimum Gasteiger partial charge on any atom is -0.460 e. The van der Waals surface area contributed by atoms with Crippen molar-refractivity contribution < 1.29 is 13.9 Å². The molecule has 0 aliphatic heterocycles. The van der Waals surface area contributed by atoms with Gasteiger partial charge in [-0.25, -0.2) is 9.18 Å². The van der Waals surface area contributed by atoms with Crippen LogP contribution < -0.4 is 0 Å². The van der Waals surface area contributed by atoms with E-state index in [4.69, 9.17) is 4.74 Å². The predicted molar refractivity (Wildman–Crippen MR) is 75.9 cm³/mol. The number of hydrogen-bond donors (Lipinski definition) is 0. The van der Waals surface area contributed by atoms with Crippen LogP contribution in [0.2, 0.25) is 0 Å². The Morgan fingerprint density at radius 2 is 1.74 bits per heavy atom. The lowest BCUT2D eigenvalue weighted by molar-refractivity contribution is -0.156. The van der Waals surface area contributed by atoms with Gasteiger partial charge in [0.2, 0.25) is 0 Å². The van der Waals surface area contributed by atoms with Gasteiger partial charge >= 0.3 is 5.97 Å². The molecule has 0 aromatic rings. The summed E-state index contributed by atoms with van der Waals surface area (Å²) in [6.07, 6.45) is 10.8. The van der Waals surface area contributed by atoms with Gasteiger partial charge in [0.15, 0.2) is 6.17 Å². The first kappa shape index (κ1) is 16.5. The molecule has 0 bridgehead atoms. The number of esters is 1. The van der Waals surface area contributed by atoms with Crippen molar-refractivity contribution in [1.82, 2.24) is 0 Å². The normalized spacial score (nSPS) is 18.2. The molecule has 0 N–H and O–H groups in total. The molecule has 19 heavy (non-hydrogen) atoms. The number of unbranched alkanes of at least 4 members (excludes halogenated alkanes) is 5. The van der Waals surface area contributed by atoms with E-state index in [0.717, 1.165) is 44.9 Å². The highest BCUT2D eigenvalue weighted by atomic mass is 19.1. The van der Waals surface area contributed by atoms with E-state index >= 15 is 0 Å². The van der Waals surface area contributed by atoms with E-state index in [1.165, 1.54) is 25.7 Å². The Bertz CT molecular complexity index is 237. The first-order chi connectivity index (χ1) is 9.24. The second-order valence-electron chi connectivity index (χ2n) is 5.72. The highest BCUT2D eigenvalue weighted by Gasteiger charge is 2.23. The molecule has 0 unspecified atom stereocenters. The third kappa shape index (κ3) is 7.54. The first-order valence-corrected chi connectivity index (χ1v) is 8.08. The van der Waals surface area contributed by atoms with Crippen LogP contribution in [0.15, 0.2) is 0 Å². The molecule has 0 heterocycles. The molecular weight excluding hydrogens is 243 g/mol. The van der Waals surface area contributed by atoms with E-state index in [1.54, 1.807) is 0 Å². The summed E-state index contributed by atoms with van der Waals surface area (Å²) in [5.74, 6) is -0.625. The van der Waals surface area contributed by atoms with Gasteiger partial charge in [0.25, 0.3) is 0 Å². The van der Waals surface area contributed by atoms with Gasteiger partial charge in [0.05, 0.1) is 0 Å². The number of carbonyl (C=O) groups is 1. The average Bonchev–Trinajstić information content (AvgIpc) is 2.43. The topological polar surface area (TPSA) is 26.3 Å². The summed E-state index contributed by atoms with van der Waals surface area (Å²) in [4.78, 5) is 11.6. The zero-order valence-electron chi connectivity index (χ0n) is 12.3. The highest BCUT2D eigenvalue weighted by molar-refractivity contribution is 5.74. The number of alkyl halides is 1. The third-order valence-corrected chi connectivity index (χ3v) is 3.90. The highest BCUT2D eigenvalue weighted by Crippen LogP contribution is 2.21. The van der Waals surface area contributed by atoms with Crippen molar-refractivity contribution in [2.75, 3.05) is 0 Å². The van der Waals surface area contributed by atoms with Crippen molar-refractivity contribution in [3.8, 4) is 0 Å². The summed E-state index contributed by atoms with van der Waals surface area (Å²) in [6.45, 7) is 2.18. The molecule has 1 aliphatic rings. The molecule has 1 fully saturated rings. The molecule has 0 amide bonds. The van der Waals surface area contributed by atoms with E-state index < -0.39 is 12.1 Å². The van der Waals surface area contributed by atoms with E-state index in [0.29, 0.717) is 6.42 Å². The molecular formula is C16H29FO2. The lowest BCUT2D eigenvalue weighted by atomic mass is 9.98. The summed E-state index contributed by atoms with van der Waals surface area (Å²) in [5.41, 5.74) is 0. The summed E-state index contributed by atoms with van der Waals surface area (Å²) in [5, 5.41) is 0. The summed E-state index contributed by atoms with van der Waals surface area (Å²) in [7, 11) is 0. The molecule has 3 heteroatoms. The zero-order chi connectivity index (χ0) is 13.9. The van der Waals surface area contributed by atoms with Crippen LogP contribution >= 0.6 is 0 Å². The molecule has 1 rings (SSSR count). The van der Waals surface area contributed by atoms with Crippen molar-refractivity contribution in [1.29, 1.82) is 0 Å². The van der Waals surface area contributed by atoms with Gasteiger partial charge in [-0.2, -0.15) is 0 Å². The van der Waals surface area contributed by atoms with Gasteiger partial charge in [-0.1, -0.05) is 45.4 Å². The monoisotopic (exact) mass is 272 g/mol. The van der Waals surface area contributed by atoms with Crippen LogP contribution in [0.25, 0.3) is 0 Å². The Kier molecular flexibility index (Phi) is 8.85. The van der Waals surface area contributed by atoms with Crippen LogP contribution in [0, 0.1) is 0 Å². The summed E-state index contributed by atoms with van der Waals surface area (Å²) in [6, 6.07) is 0. The van der Waals surface area contributed by atoms with Crippen molar-refractivity contribution in [2.24, 2.45) is 0 Å². The van der Waals surface area contributed by atoms with Crippen molar-refractivity contribution >= 4 is 5.97 Å².